The van der Waals surface area contributed by atoms with Gasteiger partial charge in [-0.05, 0) is 18.6 Å². The molecular weight excluding hydrogens is 225 g/mol. The van der Waals surface area contributed by atoms with Crippen molar-refractivity contribution in [2.45, 2.75) is 13.3 Å². The van der Waals surface area contributed by atoms with E-state index in [-0.39, 0.29) is 0 Å². The molecule has 0 aliphatic carbocycles. The summed E-state index contributed by atoms with van der Waals surface area (Å²) >= 11 is 13.1. The first-order valence-corrected chi connectivity index (χ1v) is 5.30. The van der Waals surface area contributed by atoms with Crippen LogP contribution in [0.25, 0.3) is 5.03 Å². The molecule has 13 heavy (non-hydrogen) atoms. The van der Waals surface area contributed by atoms with E-state index in [0.29, 0.717) is 21.4 Å². The number of rotatable bonds is 2. The summed E-state index contributed by atoms with van der Waals surface area (Å²) in [6.07, 6.45) is 0.644. The molecule has 0 atom stereocenters. The lowest BCUT2D eigenvalue weighted by Gasteiger charge is -1.96. The minimum absolute atomic E-state index is 0.516. The molecule has 0 radical (unpaired) electrons. The third-order valence-corrected chi connectivity index (χ3v) is 3.34. The van der Waals surface area contributed by atoms with E-state index >= 15 is 0 Å². The minimum atomic E-state index is 0.516. The topological polar surface area (TPSA) is 23.8 Å². The highest BCUT2D eigenvalue weighted by Gasteiger charge is 2.07. The highest BCUT2D eigenvalue weighted by Crippen LogP contribution is 2.32. The lowest BCUT2D eigenvalue weighted by Crippen LogP contribution is -1.78. The van der Waals surface area contributed by atoms with Crippen molar-refractivity contribution in [1.29, 1.82) is 5.26 Å². The van der Waals surface area contributed by atoms with Gasteiger partial charge in [-0.2, -0.15) is 5.26 Å². The number of thiophene rings is 1. The Morgan fingerprint density at radius 3 is 2.69 bits per heavy atom. The molecule has 0 aromatic carbocycles. The van der Waals surface area contributed by atoms with E-state index < -0.39 is 0 Å². The molecular formula is C9H7Cl2NS. The Morgan fingerprint density at radius 2 is 2.31 bits per heavy atom. The number of allylic oxidation sites excluding steroid dienone is 1. The van der Waals surface area contributed by atoms with E-state index in [4.69, 9.17) is 28.5 Å². The third-order valence-electron chi connectivity index (χ3n) is 1.54. The molecule has 0 unspecified atom stereocenters. The molecule has 0 aliphatic rings. The lowest BCUT2D eigenvalue weighted by atomic mass is 10.2. The van der Waals surface area contributed by atoms with Gasteiger partial charge in [0, 0.05) is 10.5 Å². The van der Waals surface area contributed by atoms with E-state index in [9.17, 15) is 0 Å². The molecule has 1 heterocycles. The molecule has 0 saturated heterocycles. The average molecular weight is 232 g/mol. The maximum atomic E-state index is 8.74. The number of hydrogen-bond donors (Lipinski definition) is 0. The maximum absolute atomic E-state index is 8.74. The van der Waals surface area contributed by atoms with Crippen molar-refractivity contribution >= 4 is 39.6 Å². The second-order valence-corrected chi connectivity index (χ2v) is 4.45. The molecule has 1 nitrogen and oxygen atoms in total. The Labute approximate surface area is 91.2 Å². The van der Waals surface area contributed by atoms with Crippen molar-refractivity contribution in [2.75, 3.05) is 0 Å². The van der Waals surface area contributed by atoms with Gasteiger partial charge in [0.1, 0.15) is 0 Å². The normalized spacial score (nSPS) is 12.2. The van der Waals surface area contributed by atoms with Crippen molar-refractivity contribution in [1.82, 2.24) is 0 Å². The fourth-order valence-electron chi connectivity index (χ4n) is 0.864. The Kier molecular flexibility index (Phi) is 3.80. The number of nitriles is 1. The Balaban J connectivity index is 3.09. The zero-order valence-corrected chi connectivity index (χ0v) is 9.30. The van der Waals surface area contributed by atoms with Gasteiger partial charge in [0.05, 0.1) is 15.4 Å². The summed E-state index contributed by atoms with van der Waals surface area (Å²) in [5.41, 5.74) is 0.597. The highest BCUT2D eigenvalue weighted by molar-refractivity contribution is 7.17. The van der Waals surface area contributed by atoms with Crippen molar-refractivity contribution in [3.05, 3.63) is 26.9 Å². The summed E-state index contributed by atoms with van der Waals surface area (Å²) < 4.78 is 0.682. The molecule has 0 saturated carbocycles. The van der Waals surface area contributed by atoms with Crippen LogP contribution in [0.4, 0.5) is 0 Å². The van der Waals surface area contributed by atoms with Gasteiger partial charge in [0.2, 0.25) is 0 Å². The van der Waals surface area contributed by atoms with Gasteiger partial charge in [0.15, 0.2) is 0 Å². The van der Waals surface area contributed by atoms with E-state index in [1.165, 1.54) is 11.3 Å². The molecule has 1 aromatic rings. The maximum Gasteiger partial charge on any atom is 0.0963 e. The fraction of sp³-hybridized carbons (Fsp3) is 0.222. The van der Waals surface area contributed by atoms with Crippen molar-refractivity contribution in [3.8, 4) is 6.07 Å². The van der Waals surface area contributed by atoms with Gasteiger partial charge < -0.3 is 0 Å². The van der Waals surface area contributed by atoms with Crippen LogP contribution in [0.5, 0.6) is 0 Å². The summed E-state index contributed by atoms with van der Waals surface area (Å²) in [5, 5.41) is 9.26. The highest BCUT2D eigenvalue weighted by atomic mass is 35.5. The van der Waals surface area contributed by atoms with Crippen LogP contribution in [0.1, 0.15) is 18.2 Å². The number of nitrogens with zero attached hydrogens (tertiary/aromatic N) is 1. The SMILES string of the molecule is CCC(C#N)=C(Cl)c1ccc(Cl)s1. The smallest absolute Gasteiger partial charge is 0.0963 e. The summed E-state index contributed by atoms with van der Waals surface area (Å²) in [5.74, 6) is 0. The molecule has 4 heteroatoms. The molecule has 0 fully saturated rings. The summed E-state index contributed by atoms with van der Waals surface area (Å²) in [6.45, 7) is 1.90. The van der Waals surface area contributed by atoms with Crippen LogP contribution in [0.15, 0.2) is 17.7 Å². The van der Waals surface area contributed by atoms with E-state index in [1.54, 1.807) is 6.07 Å². The Morgan fingerprint density at radius 1 is 1.62 bits per heavy atom. The first-order chi connectivity index (χ1) is 6.19. The Hall–Kier alpha value is -0.490. The lowest BCUT2D eigenvalue weighted by molar-refractivity contribution is 1.16. The number of halogens is 2. The second kappa shape index (κ2) is 4.66. The van der Waals surface area contributed by atoms with Gasteiger partial charge in [-0.3, -0.25) is 0 Å². The van der Waals surface area contributed by atoms with Crippen molar-refractivity contribution in [3.63, 3.8) is 0 Å². The van der Waals surface area contributed by atoms with Crippen LogP contribution in [0, 0.1) is 11.3 Å². The molecule has 0 aliphatic heterocycles. The molecule has 1 aromatic heterocycles. The van der Waals surface area contributed by atoms with Crippen LogP contribution < -0.4 is 0 Å². The monoisotopic (exact) mass is 231 g/mol. The van der Waals surface area contributed by atoms with E-state index in [2.05, 4.69) is 6.07 Å². The predicted molar refractivity (Wildman–Crippen MR) is 58.0 cm³/mol. The van der Waals surface area contributed by atoms with Gasteiger partial charge >= 0.3 is 0 Å². The van der Waals surface area contributed by atoms with Gasteiger partial charge in [-0.25, -0.2) is 0 Å². The Bertz CT molecular complexity index is 373. The van der Waals surface area contributed by atoms with Crippen molar-refractivity contribution < 1.29 is 0 Å². The summed E-state index contributed by atoms with van der Waals surface area (Å²) in [7, 11) is 0. The molecule has 68 valence electrons. The first-order valence-electron chi connectivity index (χ1n) is 3.73. The summed E-state index contributed by atoms with van der Waals surface area (Å²) in [6, 6.07) is 5.66. The molecule has 0 bridgehead atoms. The molecule has 0 spiro atoms. The van der Waals surface area contributed by atoms with Gasteiger partial charge in [0.25, 0.3) is 0 Å². The zero-order valence-electron chi connectivity index (χ0n) is 6.97. The summed E-state index contributed by atoms with van der Waals surface area (Å²) in [4.78, 5) is 0.852. The van der Waals surface area contributed by atoms with Crippen LogP contribution in [0.3, 0.4) is 0 Å². The predicted octanol–water partition coefficient (Wildman–Crippen LogP) is 4.28. The van der Waals surface area contributed by atoms with E-state index in [0.717, 1.165) is 4.88 Å². The van der Waals surface area contributed by atoms with Gasteiger partial charge in [-0.15, -0.1) is 11.3 Å². The molecule has 0 amide bonds. The van der Waals surface area contributed by atoms with Crippen LogP contribution in [-0.2, 0) is 0 Å². The zero-order chi connectivity index (χ0) is 9.84. The molecule has 1 rings (SSSR count). The van der Waals surface area contributed by atoms with E-state index in [1.807, 2.05) is 13.0 Å². The third kappa shape index (κ3) is 2.47. The van der Waals surface area contributed by atoms with Crippen LogP contribution in [-0.4, -0.2) is 0 Å². The number of hydrogen-bond acceptors (Lipinski definition) is 2. The van der Waals surface area contributed by atoms with Gasteiger partial charge in [-0.1, -0.05) is 30.1 Å². The second-order valence-electron chi connectivity index (χ2n) is 2.36. The van der Waals surface area contributed by atoms with Crippen molar-refractivity contribution in [2.24, 2.45) is 0 Å². The first kappa shape index (κ1) is 10.6. The minimum Gasteiger partial charge on any atom is -0.193 e. The fourth-order valence-corrected chi connectivity index (χ4v) is 2.23. The van der Waals surface area contributed by atoms with Crippen LogP contribution >= 0.6 is 34.5 Å². The van der Waals surface area contributed by atoms with Crippen LogP contribution in [0.2, 0.25) is 4.34 Å². The quantitative estimate of drug-likeness (QED) is 0.698. The molecule has 0 N–H and O–H groups in total. The largest absolute Gasteiger partial charge is 0.193 e. The standard InChI is InChI=1S/C9H7Cl2NS/c1-2-6(5-12)9(11)7-3-4-8(10)13-7/h3-4H,2H2,1H3. The average Bonchev–Trinajstić information content (AvgIpc) is 2.54.